The third-order valence-corrected chi connectivity index (χ3v) is 3.91. The zero-order valence-corrected chi connectivity index (χ0v) is 12.1. The molecule has 1 heterocycles. The van der Waals surface area contributed by atoms with Crippen LogP contribution < -0.4 is 0 Å². The third-order valence-electron chi connectivity index (χ3n) is 3.04. The zero-order valence-electron chi connectivity index (χ0n) is 11.3. The smallest absolute Gasteiger partial charge is 0.267 e. The molecule has 0 aliphatic rings. The highest BCUT2D eigenvalue weighted by atomic mass is 32.1. The van der Waals surface area contributed by atoms with E-state index in [9.17, 15) is 4.79 Å². The molecular formula is C18H13NOS. The summed E-state index contributed by atoms with van der Waals surface area (Å²) in [7, 11) is 0. The normalized spacial score (nSPS) is 11.3. The topological polar surface area (TPSA) is 29.4 Å². The summed E-state index contributed by atoms with van der Waals surface area (Å²) in [5.41, 5.74) is 2.27. The SMILES string of the molecule is O=C(N=C(c1ccccc1)c1cccs1)c1ccccc1. The average molecular weight is 291 g/mol. The lowest BCUT2D eigenvalue weighted by Gasteiger charge is -2.04. The Morgan fingerprint density at radius 1 is 0.762 bits per heavy atom. The molecule has 0 radical (unpaired) electrons. The molecule has 0 aliphatic heterocycles. The molecule has 3 heteroatoms. The first-order valence-corrected chi connectivity index (χ1v) is 7.50. The van der Waals surface area contributed by atoms with E-state index in [-0.39, 0.29) is 5.91 Å². The van der Waals surface area contributed by atoms with Crippen molar-refractivity contribution in [1.82, 2.24) is 0 Å². The molecule has 102 valence electrons. The van der Waals surface area contributed by atoms with Crippen LogP contribution in [0.2, 0.25) is 0 Å². The van der Waals surface area contributed by atoms with Crippen molar-refractivity contribution in [3.8, 4) is 0 Å². The van der Waals surface area contributed by atoms with Gasteiger partial charge in [0.15, 0.2) is 0 Å². The zero-order chi connectivity index (χ0) is 14.5. The number of amides is 1. The number of carbonyl (C=O) groups excluding carboxylic acids is 1. The van der Waals surface area contributed by atoms with Gasteiger partial charge in [0.05, 0.1) is 10.6 Å². The largest absolute Gasteiger partial charge is 0.277 e. The summed E-state index contributed by atoms with van der Waals surface area (Å²) >= 11 is 1.58. The predicted octanol–water partition coefficient (Wildman–Crippen LogP) is 4.43. The van der Waals surface area contributed by atoms with Crippen LogP contribution in [-0.4, -0.2) is 11.6 Å². The van der Waals surface area contributed by atoms with Gasteiger partial charge in [-0.1, -0.05) is 54.6 Å². The number of aliphatic imine (C=N–C) groups is 1. The Hall–Kier alpha value is -2.52. The molecule has 0 bridgehead atoms. The highest BCUT2D eigenvalue weighted by Gasteiger charge is 2.11. The minimum Gasteiger partial charge on any atom is -0.267 e. The summed E-state index contributed by atoms with van der Waals surface area (Å²) in [6.07, 6.45) is 0. The van der Waals surface area contributed by atoms with Crippen molar-refractivity contribution < 1.29 is 4.79 Å². The molecule has 1 amide bonds. The molecule has 0 N–H and O–H groups in total. The molecule has 0 unspecified atom stereocenters. The highest BCUT2D eigenvalue weighted by Crippen LogP contribution is 2.17. The molecule has 3 rings (SSSR count). The summed E-state index contributed by atoms with van der Waals surface area (Å²) in [4.78, 5) is 17.7. The average Bonchev–Trinajstić information content (AvgIpc) is 3.08. The fraction of sp³-hybridized carbons (Fsp3) is 0. The number of nitrogens with zero attached hydrogens (tertiary/aromatic N) is 1. The summed E-state index contributed by atoms with van der Waals surface area (Å²) in [6, 6.07) is 22.9. The molecule has 0 spiro atoms. The van der Waals surface area contributed by atoms with Crippen LogP contribution in [0.25, 0.3) is 0 Å². The Kier molecular flexibility index (Phi) is 4.03. The van der Waals surface area contributed by atoms with Crippen LogP contribution in [0.15, 0.2) is 83.2 Å². The van der Waals surface area contributed by atoms with E-state index in [1.165, 1.54) is 0 Å². The number of benzene rings is 2. The van der Waals surface area contributed by atoms with Gasteiger partial charge < -0.3 is 0 Å². The van der Waals surface area contributed by atoms with E-state index in [4.69, 9.17) is 0 Å². The van der Waals surface area contributed by atoms with E-state index < -0.39 is 0 Å². The van der Waals surface area contributed by atoms with Gasteiger partial charge in [-0.25, -0.2) is 4.99 Å². The Bertz CT molecular complexity index is 746. The van der Waals surface area contributed by atoms with Crippen molar-refractivity contribution in [2.24, 2.45) is 4.99 Å². The van der Waals surface area contributed by atoms with Gasteiger partial charge in [0.25, 0.3) is 5.91 Å². The molecule has 0 saturated carbocycles. The van der Waals surface area contributed by atoms with Gasteiger partial charge in [-0.15, -0.1) is 11.3 Å². The van der Waals surface area contributed by atoms with E-state index in [0.717, 1.165) is 16.2 Å². The third kappa shape index (κ3) is 3.15. The summed E-state index contributed by atoms with van der Waals surface area (Å²) < 4.78 is 0. The first-order valence-electron chi connectivity index (χ1n) is 6.62. The van der Waals surface area contributed by atoms with Gasteiger partial charge in [-0.2, -0.15) is 0 Å². The summed E-state index contributed by atoms with van der Waals surface area (Å²) in [5, 5.41) is 1.99. The minimum atomic E-state index is -0.220. The fourth-order valence-electron chi connectivity index (χ4n) is 2.02. The van der Waals surface area contributed by atoms with Crippen LogP contribution in [0.5, 0.6) is 0 Å². The second-order valence-corrected chi connectivity index (χ2v) is 5.42. The lowest BCUT2D eigenvalue weighted by atomic mass is 10.1. The fourth-order valence-corrected chi connectivity index (χ4v) is 2.75. The van der Waals surface area contributed by atoms with Crippen molar-refractivity contribution in [2.45, 2.75) is 0 Å². The molecule has 2 nitrogen and oxygen atoms in total. The van der Waals surface area contributed by atoms with E-state index >= 15 is 0 Å². The first kappa shape index (κ1) is 13.5. The molecule has 0 aliphatic carbocycles. The minimum absolute atomic E-state index is 0.220. The van der Waals surface area contributed by atoms with Gasteiger partial charge in [0, 0.05) is 11.1 Å². The molecule has 0 fully saturated rings. The van der Waals surface area contributed by atoms with Crippen LogP contribution in [0.3, 0.4) is 0 Å². The Morgan fingerprint density at radius 2 is 1.38 bits per heavy atom. The number of thiophene rings is 1. The van der Waals surface area contributed by atoms with Crippen molar-refractivity contribution in [1.29, 1.82) is 0 Å². The molecule has 21 heavy (non-hydrogen) atoms. The maximum atomic E-state index is 12.3. The van der Waals surface area contributed by atoms with Gasteiger partial charge >= 0.3 is 0 Å². The monoisotopic (exact) mass is 291 g/mol. The van der Waals surface area contributed by atoms with E-state index in [1.54, 1.807) is 23.5 Å². The lowest BCUT2D eigenvalue weighted by molar-refractivity contribution is 0.100. The number of carbonyl (C=O) groups is 1. The van der Waals surface area contributed by atoms with Crippen LogP contribution in [0.1, 0.15) is 20.8 Å². The molecule has 1 aromatic heterocycles. The van der Waals surface area contributed by atoms with Gasteiger partial charge in [-0.05, 0) is 23.6 Å². The molecule has 0 saturated heterocycles. The van der Waals surface area contributed by atoms with Crippen molar-refractivity contribution >= 4 is 23.0 Å². The van der Waals surface area contributed by atoms with Gasteiger partial charge in [0.1, 0.15) is 0 Å². The van der Waals surface area contributed by atoms with Gasteiger partial charge in [0.2, 0.25) is 0 Å². The number of hydrogen-bond donors (Lipinski definition) is 0. The molecular weight excluding hydrogens is 278 g/mol. The van der Waals surface area contributed by atoms with Crippen molar-refractivity contribution in [3.05, 3.63) is 94.2 Å². The highest BCUT2D eigenvalue weighted by molar-refractivity contribution is 7.12. The van der Waals surface area contributed by atoms with Crippen LogP contribution in [0, 0.1) is 0 Å². The molecule has 0 atom stereocenters. The van der Waals surface area contributed by atoms with E-state index in [2.05, 4.69) is 4.99 Å². The quantitative estimate of drug-likeness (QED) is 0.657. The van der Waals surface area contributed by atoms with Crippen molar-refractivity contribution in [3.63, 3.8) is 0 Å². The number of rotatable bonds is 3. The number of hydrogen-bond acceptors (Lipinski definition) is 2. The van der Waals surface area contributed by atoms with E-state index in [0.29, 0.717) is 5.56 Å². The Balaban J connectivity index is 2.04. The van der Waals surface area contributed by atoms with Crippen LogP contribution in [-0.2, 0) is 0 Å². The van der Waals surface area contributed by atoms with E-state index in [1.807, 2.05) is 66.0 Å². The summed E-state index contributed by atoms with van der Waals surface area (Å²) in [5.74, 6) is -0.220. The maximum Gasteiger partial charge on any atom is 0.277 e. The van der Waals surface area contributed by atoms with Crippen molar-refractivity contribution in [2.75, 3.05) is 0 Å². The summed E-state index contributed by atoms with van der Waals surface area (Å²) in [6.45, 7) is 0. The van der Waals surface area contributed by atoms with Crippen LogP contribution >= 0.6 is 11.3 Å². The second-order valence-electron chi connectivity index (χ2n) is 4.47. The predicted molar refractivity (Wildman–Crippen MR) is 87.2 cm³/mol. The standard InChI is InChI=1S/C18H13NOS/c20-18(15-10-5-2-6-11-15)19-17(16-12-7-13-21-16)14-8-3-1-4-9-14/h1-13H. The Labute approximate surface area is 127 Å². The Morgan fingerprint density at radius 3 is 1.95 bits per heavy atom. The lowest BCUT2D eigenvalue weighted by Crippen LogP contribution is -2.06. The molecule has 2 aromatic carbocycles. The maximum absolute atomic E-state index is 12.3. The molecule has 3 aromatic rings. The van der Waals surface area contributed by atoms with Crippen LogP contribution in [0.4, 0.5) is 0 Å². The first-order chi connectivity index (χ1) is 10.3. The van der Waals surface area contributed by atoms with Gasteiger partial charge in [-0.3, -0.25) is 4.79 Å². The second kappa shape index (κ2) is 6.29.